The highest BCUT2D eigenvalue weighted by Gasteiger charge is 2.28. The zero-order valence-corrected chi connectivity index (χ0v) is 11.0. The maximum absolute atomic E-state index is 12.0. The first-order valence-corrected chi connectivity index (χ1v) is 6.46. The highest BCUT2D eigenvalue weighted by molar-refractivity contribution is 5.68. The summed E-state index contributed by atoms with van der Waals surface area (Å²) in [6.07, 6.45) is 3.45. The third-order valence-corrected chi connectivity index (χ3v) is 3.17. The van der Waals surface area contributed by atoms with Gasteiger partial charge in [-0.25, -0.2) is 4.79 Å². The summed E-state index contributed by atoms with van der Waals surface area (Å²) in [5.41, 5.74) is 0.914. The number of nitrogens with zero attached hydrogens (tertiary/aromatic N) is 2. The maximum atomic E-state index is 12.0. The molecule has 1 fully saturated rings. The minimum atomic E-state index is -0.522. The SMILES string of the molecule is O=C(OCc1ccccc1)N1CCC[C@H]1/C=C/[N+](=O)[O-]. The third kappa shape index (κ3) is 3.81. The van der Waals surface area contributed by atoms with E-state index in [-0.39, 0.29) is 12.6 Å². The Labute approximate surface area is 116 Å². The van der Waals surface area contributed by atoms with Crippen molar-refractivity contribution in [3.05, 3.63) is 58.3 Å². The molecule has 0 saturated carbocycles. The number of ether oxygens (including phenoxy) is 1. The predicted molar refractivity (Wildman–Crippen MR) is 72.5 cm³/mol. The van der Waals surface area contributed by atoms with Gasteiger partial charge in [0.15, 0.2) is 0 Å². The van der Waals surface area contributed by atoms with Crippen LogP contribution in [-0.2, 0) is 11.3 Å². The van der Waals surface area contributed by atoms with Gasteiger partial charge >= 0.3 is 6.09 Å². The summed E-state index contributed by atoms with van der Waals surface area (Å²) in [4.78, 5) is 23.3. The molecule has 1 heterocycles. The molecule has 1 aromatic carbocycles. The lowest BCUT2D eigenvalue weighted by Gasteiger charge is -2.20. The normalized spacial score (nSPS) is 18.4. The van der Waals surface area contributed by atoms with Gasteiger partial charge in [-0.15, -0.1) is 0 Å². The molecule has 1 amide bonds. The lowest BCUT2D eigenvalue weighted by molar-refractivity contribution is -0.402. The molecule has 6 nitrogen and oxygen atoms in total. The van der Waals surface area contributed by atoms with Crippen LogP contribution in [0.15, 0.2) is 42.6 Å². The van der Waals surface area contributed by atoms with E-state index >= 15 is 0 Å². The van der Waals surface area contributed by atoms with Crippen LogP contribution in [0.1, 0.15) is 18.4 Å². The predicted octanol–water partition coefficient (Wildman–Crippen LogP) is 2.58. The molecule has 20 heavy (non-hydrogen) atoms. The standard InChI is InChI=1S/C14H16N2O4/c17-14(20-11-12-5-2-1-3-6-12)15-9-4-7-13(15)8-10-16(18)19/h1-3,5-6,8,10,13H,4,7,9,11H2/b10-8+/t13-/m0/s1. The Morgan fingerprint density at radius 3 is 2.90 bits per heavy atom. The number of benzene rings is 1. The number of nitro groups is 1. The monoisotopic (exact) mass is 276 g/mol. The Balaban J connectivity index is 1.89. The highest BCUT2D eigenvalue weighted by Crippen LogP contribution is 2.19. The summed E-state index contributed by atoms with van der Waals surface area (Å²) in [6.45, 7) is 0.780. The number of hydrogen-bond acceptors (Lipinski definition) is 4. The van der Waals surface area contributed by atoms with Gasteiger partial charge in [0.2, 0.25) is 6.20 Å². The van der Waals surface area contributed by atoms with Crippen molar-refractivity contribution >= 4 is 6.09 Å². The van der Waals surface area contributed by atoms with Crippen molar-refractivity contribution in [1.82, 2.24) is 4.90 Å². The van der Waals surface area contributed by atoms with Crippen LogP contribution in [0, 0.1) is 10.1 Å². The molecule has 0 bridgehead atoms. The number of rotatable bonds is 4. The van der Waals surface area contributed by atoms with Crippen molar-refractivity contribution in [2.24, 2.45) is 0 Å². The topological polar surface area (TPSA) is 72.7 Å². The summed E-state index contributed by atoms with van der Waals surface area (Å²) < 4.78 is 5.23. The second-order valence-electron chi connectivity index (χ2n) is 4.57. The van der Waals surface area contributed by atoms with E-state index in [0.717, 1.165) is 24.6 Å². The Hall–Kier alpha value is -2.37. The highest BCUT2D eigenvalue weighted by atomic mass is 16.6. The van der Waals surface area contributed by atoms with Crippen molar-refractivity contribution in [2.75, 3.05) is 6.54 Å². The fourth-order valence-corrected chi connectivity index (χ4v) is 2.19. The second-order valence-corrected chi connectivity index (χ2v) is 4.57. The molecule has 0 unspecified atom stereocenters. The number of likely N-dealkylation sites (tertiary alicyclic amines) is 1. The lowest BCUT2D eigenvalue weighted by atomic mass is 10.2. The van der Waals surface area contributed by atoms with E-state index in [0.29, 0.717) is 6.54 Å². The molecular formula is C14H16N2O4. The van der Waals surface area contributed by atoms with Gasteiger partial charge in [-0.1, -0.05) is 30.3 Å². The lowest BCUT2D eigenvalue weighted by Crippen LogP contribution is -2.34. The fraction of sp³-hybridized carbons (Fsp3) is 0.357. The molecule has 0 aliphatic carbocycles. The van der Waals surface area contributed by atoms with Crippen LogP contribution in [0.3, 0.4) is 0 Å². The summed E-state index contributed by atoms with van der Waals surface area (Å²) >= 11 is 0. The minimum absolute atomic E-state index is 0.210. The van der Waals surface area contributed by atoms with E-state index in [2.05, 4.69) is 0 Å². The van der Waals surface area contributed by atoms with E-state index in [1.807, 2.05) is 30.3 Å². The van der Waals surface area contributed by atoms with E-state index in [4.69, 9.17) is 4.74 Å². The molecule has 0 aromatic heterocycles. The summed E-state index contributed by atoms with van der Waals surface area (Å²) in [7, 11) is 0. The average Bonchev–Trinajstić information content (AvgIpc) is 2.92. The first-order valence-electron chi connectivity index (χ1n) is 6.46. The van der Waals surface area contributed by atoms with Gasteiger partial charge in [0.05, 0.1) is 11.0 Å². The van der Waals surface area contributed by atoms with Crippen LogP contribution in [-0.4, -0.2) is 28.5 Å². The third-order valence-electron chi connectivity index (χ3n) is 3.17. The molecule has 6 heteroatoms. The van der Waals surface area contributed by atoms with Crippen molar-refractivity contribution < 1.29 is 14.5 Å². The van der Waals surface area contributed by atoms with Gasteiger partial charge in [-0.2, -0.15) is 0 Å². The van der Waals surface area contributed by atoms with Gasteiger partial charge in [0.25, 0.3) is 0 Å². The first-order chi connectivity index (χ1) is 9.66. The molecule has 0 spiro atoms. The molecule has 1 aromatic rings. The van der Waals surface area contributed by atoms with E-state index in [9.17, 15) is 14.9 Å². The van der Waals surface area contributed by atoms with Gasteiger partial charge < -0.3 is 9.64 Å². The molecule has 1 saturated heterocycles. The Morgan fingerprint density at radius 2 is 2.20 bits per heavy atom. The average molecular weight is 276 g/mol. The number of hydrogen-bond donors (Lipinski definition) is 0. The Bertz CT molecular complexity index is 501. The molecule has 0 radical (unpaired) electrons. The molecule has 1 aliphatic heterocycles. The van der Waals surface area contributed by atoms with Crippen molar-refractivity contribution in [3.8, 4) is 0 Å². The molecule has 0 N–H and O–H groups in total. The largest absolute Gasteiger partial charge is 0.445 e. The van der Waals surface area contributed by atoms with Crippen LogP contribution in [0.25, 0.3) is 0 Å². The maximum Gasteiger partial charge on any atom is 0.410 e. The summed E-state index contributed by atoms with van der Waals surface area (Å²) in [5, 5.41) is 10.3. The number of carbonyl (C=O) groups is 1. The molecule has 1 atom stereocenters. The quantitative estimate of drug-likeness (QED) is 0.626. The van der Waals surface area contributed by atoms with E-state index < -0.39 is 11.0 Å². The van der Waals surface area contributed by atoms with Gasteiger partial charge in [-0.05, 0) is 18.4 Å². The van der Waals surface area contributed by atoms with Crippen LogP contribution in [0.4, 0.5) is 4.79 Å². The molecule has 2 rings (SSSR count). The zero-order valence-electron chi connectivity index (χ0n) is 11.0. The van der Waals surface area contributed by atoms with Gasteiger partial charge in [0, 0.05) is 12.6 Å². The summed E-state index contributed by atoms with van der Waals surface area (Å²) in [6, 6.07) is 9.15. The smallest absolute Gasteiger partial charge is 0.410 e. The molecule has 106 valence electrons. The van der Waals surface area contributed by atoms with Crippen LogP contribution in [0.5, 0.6) is 0 Å². The van der Waals surface area contributed by atoms with E-state index in [1.54, 1.807) is 0 Å². The van der Waals surface area contributed by atoms with Crippen LogP contribution in [0.2, 0.25) is 0 Å². The molecule has 1 aliphatic rings. The van der Waals surface area contributed by atoms with E-state index in [1.165, 1.54) is 11.0 Å². The van der Waals surface area contributed by atoms with Gasteiger partial charge in [0.1, 0.15) is 6.61 Å². The van der Waals surface area contributed by atoms with Crippen molar-refractivity contribution in [2.45, 2.75) is 25.5 Å². The van der Waals surface area contributed by atoms with Gasteiger partial charge in [-0.3, -0.25) is 10.1 Å². The number of carbonyl (C=O) groups excluding carboxylic acids is 1. The fourth-order valence-electron chi connectivity index (χ4n) is 2.19. The molecular weight excluding hydrogens is 260 g/mol. The van der Waals surface area contributed by atoms with Crippen molar-refractivity contribution in [1.29, 1.82) is 0 Å². The zero-order chi connectivity index (χ0) is 14.4. The first kappa shape index (κ1) is 14.0. The second kappa shape index (κ2) is 6.70. The summed E-state index contributed by atoms with van der Waals surface area (Å²) in [5.74, 6) is 0. The van der Waals surface area contributed by atoms with Crippen LogP contribution < -0.4 is 0 Å². The Morgan fingerprint density at radius 1 is 1.45 bits per heavy atom. The number of amides is 1. The Kier molecular flexibility index (Phi) is 4.70. The van der Waals surface area contributed by atoms with Crippen LogP contribution >= 0.6 is 0 Å². The minimum Gasteiger partial charge on any atom is -0.445 e. The van der Waals surface area contributed by atoms with Crippen molar-refractivity contribution in [3.63, 3.8) is 0 Å².